The zero-order valence-corrected chi connectivity index (χ0v) is 17.3. The monoisotopic (exact) mass is 421 g/mol. The lowest BCUT2D eigenvalue weighted by atomic mass is 9.96. The van der Waals surface area contributed by atoms with Gasteiger partial charge in [0.05, 0.1) is 30.0 Å². The van der Waals surface area contributed by atoms with Crippen LogP contribution in [0.25, 0.3) is 0 Å². The smallest absolute Gasteiger partial charge is 0.311 e. The van der Waals surface area contributed by atoms with E-state index in [2.05, 4.69) is 16.4 Å². The van der Waals surface area contributed by atoms with Gasteiger partial charge in [0, 0.05) is 10.3 Å². The van der Waals surface area contributed by atoms with E-state index in [9.17, 15) is 14.9 Å². The first-order chi connectivity index (χ1) is 13.1. The van der Waals surface area contributed by atoms with Gasteiger partial charge in [0.15, 0.2) is 4.34 Å². The van der Waals surface area contributed by atoms with Crippen LogP contribution in [0.4, 0.5) is 5.00 Å². The Morgan fingerprint density at radius 3 is 3.00 bits per heavy atom. The molecule has 0 bridgehead atoms. The Bertz CT molecular complexity index is 882. The molecule has 0 spiro atoms. The highest BCUT2D eigenvalue weighted by Gasteiger charge is 2.22. The summed E-state index contributed by atoms with van der Waals surface area (Å²) in [6, 6.07) is 2.25. The largest absolute Gasteiger partial charge is 0.466 e. The van der Waals surface area contributed by atoms with Crippen LogP contribution in [-0.4, -0.2) is 29.2 Å². The Hall–Kier alpha value is -1.89. The first-order valence-electron chi connectivity index (χ1n) is 8.68. The molecule has 1 N–H and O–H groups in total. The lowest BCUT2D eigenvalue weighted by Gasteiger charge is -2.09. The average molecular weight is 422 g/mol. The van der Waals surface area contributed by atoms with Crippen LogP contribution in [0.1, 0.15) is 41.5 Å². The maximum atomic E-state index is 12.3. The second-order valence-corrected chi connectivity index (χ2v) is 9.14. The van der Waals surface area contributed by atoms with Gasteiger partial charge in [-0.3, -0.25) is 9.59 Å². The van der Waals surface area contributed by atoms with Crippen molar-refractivity contribution in [2.24, 2.45) is 0 Å². The molecule has 0 fully saturated rings. The van der Waals surface area contributed by atoms with E-state index >= 15 is 0 Å². The standard InChI is InChI=1S/C18H19N3O3S3/c1-2-24-16(23)7-11-9-25-18(20-11)26-10-15(22)21-17-13(8-19)12-5-3-4-6-14(12)27-17/h9H,2-7,10H2,1H3,(H,21,22). The van der Waals surface area contributed by atoms with E-state index in [4.69, 9.17) is 4.74 Å². The SMILES string of the molecule is CCOC(=O)Cc1csc(SCC(=O)Nc2sc3c(c2C#N)CCCC3)n1. The highest BCUT2D eigenvalue weighted by Crippen LogP contribution is 2.37. The van der Waals surface area contributed by atoms with Crippen LogP contribution in [0.2, 0.25) is 0 Å². The number of fused-ring (bicyclic) bond motifs is 1. The Morgan fingerprint density at radius 2 is 2.22 bits per heavy atom. The van der Waals surface area contributed by atoms with Crippen LogP contribution in [0.5, 0.6) is 0 Å². The molecule has 1 aliphatic carbocycles. The fourth-order valence-corrected chi connectivity index (χ4v) is 5.76. The number of ether oxygens (including phenoxy) is 1. The van der Waals surface area contributed by atoms with E-state index < -0.39 is 0 Å². The Kier molecular flexibility index (Phi) is 6.88. The minimum absolute atomic E-state index is 0.142. The predicted molar refractivity (Wildman–Crippen MR) is 107 cm³/mol. The van der Waals surface area contributed by atoms with Gasteiger partial charge in [0.25, 0.3) is 0 Å². The molecule has 0 saturated heterocycles. The number of hydrogen-bond acceptors (Lipinski definition) is 8. The number of carbonyl (C=O) groups excluding carboxylic acids is 2. The lowest BCUT2D eigenvalue weighted by molar-refractivity contribution is -0.142. The van der Waals surface area contributed by atoms with Crippen molar-refractivity contribution in [3.05, 3.63) is 27.1 Å². The molecule has 0 aliphatic heterocycles. The summed E-state index contributed by atoms with van der Waals surface area (Å²) in [5.41, 5.74) is 2.39. The number of nitrogens with zero attached hydrogens (tertiary/aromatic N) is 2. The van der Waals surface area contributed by atoms with E-state index in [1.54, 1.807) is 12.3 Å². The van der Waals surface area contributed by atoms with Crippen molar-refractivity contribution in [3.63, 3.8) is 0 Å². The average Bonchev–Trinajstić information content (AvgIpc) is 3.23. The van der Waals surface area contributed by atoms with Gasteiger partial charge in [-0.25, -0.2) is 4.98 Å². The Morgan fingerprint density at radius 1 is 1.41 bits per heavy atom. The van der Waals surface area contributed by atoms with Crippen LogP contribution in [0, 0.1) is 11.3 Å². The molecule has 1 amide bonds. The van der Waals surface area contributed by atoms with Crippen LogP contribution in [0.3, 0.4) is 0 Å². The molecule has 6 nitrogen and oxygen atoms in total. The normalized spacial score (nSPS) is 12.9. The fraction of sp³-hybridized carbons (Fsp3) is 0.444. The molecule has 2 heterocycles. The van der Waals surface area contributed by atoms with Crippen molar-refractivity contribution >= 4 is 51.3 Å². The Balaban J connectivity index is 1.55. The number of hydrogen-bond donors (Lipinski definition) is 1. The van der Waals surface area contributed by atoms with Crippen molar-refractivity contribution in [3.8, 4) is 6.07 Å². The van der Waals surface area contributed by atoms with Gasteiger partial charge in [-0.15, -0.1) is 22.7 Å². The van der Waals surface area contributed by atoms with Crippen LogP contribution >= 0.6 is 34.4 Å². The summed E-state index contributed by atoms with van der Waals surface area (Å²) in [5, 5.41) is 14.8. The third-order valence-electron chi connectivity index (χ3n) is 4.02. The quantitative estimate of drug-likeness (QED) is 0.540. The van der Waals surface area contributed by atoms with E-state index in [0.29, 0.717) is 22.9 Å². The number of aryl methyl sites for hydroxylation is 1. The van der Waals surface area contributed by atoms with Crippen molar-refractivity contribution in [1.82, 2.24) is 4.98 Å². The first-order valence-corrected chi connectivity index (χ1v) is 11.4. The molecule has 142 valence electrons. The predicted octanol–water partition coefficient (Wildman–Crippen LogP) is 3.79. The summed E-state index contributed by atoms with van der Waals surface area (Å²) < 4.78 is 5.64. The third-order valence-corrected chi connectivity index (χ3v) is 7.30. The van der Waals surface area contributed by atoms with Crippen molar-refractivity contribution in [1.29, 1.82) is 5.26 Å². The van der Waals surface area contributed by atoms with Gasteiger partial charge >= 0.3 is 5.97 Å². The van der Waals surface area contributed by atoms with E-state index in [1.807, 2.05) is 0 Å². The number of esters is 1. The minimum Gasteiger partial charge on any atom is -0.466 e. The van der Waals surface area contributed by atoms with Gasteiger partial charge < -0.3 is 10.1 Å². The van der Waals surface area contributed by atoms with Crippen molar-refractivity contribution < 1.29 is 14.3 Å². The summed E-state index contributed by atoms with van der Waals surface area (Å²) in [7, 11) is 0. The number of aromatic nitrogens is 1. The topological polar surface area (TPSA) is 92.1 Å². The third kappa shape index (κ3) is 5.09. The molecule has 0 aromatic carbocycles. The number of carbonyl (C=O) groups is 2. The molecule has 2 aromatic heterocycles. The van der Waals surface area contributed by atoms with Crippen molar-refractivity contribution in [2.45, 2.75) is 43.4 Å². The van der Waals surface area contributed by atoms with Gasteiger partial charge in [-0.05, 0) is 38.2 Å². The number of thiazole rings is 1. The molecule has 3 rings (SSSR count). The van der Waals surface area contributed by atoms with Gasteiger partial charge in [-0.2, -0.15) is 5.26 Å². The zero-order chi connectivity index (χ0) is 19.2. The maximum Gasteiger partial charge on any atom is 0.311 e. The second kappa shape index (κ2) is 9.35. The van der Waals surface area contributed by atoms with E-state index in [-0.39, 0.29) is 24.1 Å². The van der Waals surface area contributed by atoms with Gasteiger partial charge in [-0.1, -0.05) is 11.8 Å². The number of nitriles is 1. The molecule has 0 unspecified atom stereocenters. The summed E-state index contributed by atoms with van der Waals surface area (Å²) in [4.78, 5) is 29.4. The molecule has 0 atom stereocenters. The van der Waals surface area contributed by atoms with E-state index in [0.717, 1.165) is 35.6 Å². The summed E-state index contributed by atoms with van der Waals surface area (Å²) in [6.07, 6.45) is 4.28. The summed E-state index contributed by atoms with van der Waals surface area (Å²) >= 11 is 4.25. The number of amides is 1. The number of rotatable bonds is 7. The number of nitrogens with one attached hydrogen (secondary N) is 1. The van der Waals surface area contributed by atoms with Crippen molar-refractivity contribution in [2.75, 3.05) is 17.7 Å². The molecular weight excluding hydrogens is 402 g/mol. The minimum atomic E-state index is -0.303. The van der Waals surface area contributed by atoms with Gasteiger partial charge in [0.2, 0.25) is 5.91 Å². The maximum absolute atomic E-state index is 12.3. The highest BCUT2D eigenvalue weighted by atomic mass is 32.2. The molecular formula is C18H19N3O3S3. The van der Waals surface area contributed by atoms with E-state index in [1.165, 1.54) is 39.3 Å². The lowest BCUT2D eigenvalue weighted by Crippen LogP contribution is -2.14. The number of anilines is 1. The zero-order valence-electron chi connectivity index (χ0n) is 14.9. The molecule has 0 radical (unpaired) electrons. The van der Waals surface area contributed by atoms with Crippen LogP contribution in [0.15, 0.2) is 9.72 Å². The van der Waals surface area contributed by atoms with Crippen LogP contribution < -0.4 is 5.32 Å². The molecule has 27 heavy (non-hydrogen) atoms. The fourth-order valence-electron chi connectivity index (χ4n) is 2.86. The van der Waals surface area contributed by atoms with Crippen LogP contribution in [-0.2, 0) is 33.6 Å². The number of thioether (sulfide) groups is 1. The molecule has 0 saturated carbocycles. The molecule has 1 aliphatic rings. The number of thiophene rings is 1. The summed E-state index contributed by atoms with van der Waals surface area (Å²) in [5.74, 6) is -0.250. The highest BCUT2D eigenvalue weighted by molar-refractivity contribution is 8.01. The van der Waals surface area contributed by atoms with Gasteiger partial charge in [0.1, 0.15) is 11.1 Å². The molecule has 9 heteroatoms. The molecule has 2 aromatic rings. The summed E-state index contributed by atoms with van der Waals surface area (Å²) in [6.45, 7) is 2.11. The first kappa shape index (κ1) is 19.9. The second-order valence-electron chi connectivity index (χ2n) is 5.95. The Labute approximate surface area is 169 Å².